The van der Waals surface area contributed by atoms with E-state index in [0.29, 0.717) is 16.4 Å². The van der Waals surface area contributed by atoms with Gasteiger partial charge in [-0.1, -0.05) is 18.2 Å². The van der Waals surface area contributed by atoms with Crippen LogP contribution in [0, 0.1) is 0 Å². The van der Waals surface area contributed by atoms with E-state index in [9.17, 15) is 18.0 Å². The Morgan fingerprint density at radius 3 is 2.56 bits per heavy atom. The lowest BCUT2D eigenvalue weighted by Crippen LogP contribution is -2.28. The lowest BCUT2D eigenvalue weighted by molar-refractivity contribution is -0.321. The predicted molar refractivity (Wildman–Crippen MR) is 50.0 cm³/mol. The number of carbonyl (C=O) groups is 1. The van der Waals surface area contributed by atoms with Gasteiger partial charge < -0.3 is 4.84 Å². The second kappa shape index (κ2) is 3.55. The zero-order valence-electron chi connectivity index (χ0n) is 7.86. The van der Waals surface area contributed by atoms with Gasteiger partial charge in [0.1, 0.15) is 5.69 Å². The maximum absolute atomic E-state index is 12.1. The van der Waals surface area contributed by atoms with Gasteiger partial charge in [0, 0.05) is 5.39 Å². The molecule has 0 atom stereocenters. The highest BCUT2D eigenvalue weighted by molar-refractivity contribution is 5.88. The Bertz CT molecular complexity index is 530. The number of para-hydroxylation sites is 1. The largest absolute Gasteiger partial charge is 0.591 e. The minimum Gasteiger partial charge on any atom is -0.312 e. The first-order valence-corrected chi connectivity index (χ1v) is 4.33. The van der Waals surface area contributed by atoms with E-state index in [1.54, 1.807) is 18.2 Å². The lowest BCUT2D eigenvalue weighted by atomic mass is 10.2. The summed E-state index contributed by atoms with van der Waals surface area (Å²) in [6, 6.07) is 7.59. The Morgan fingerprint density at radius 1 is 1.25 bits per heavy atom. The van der Waals surface area contributed by atoms with Crippen LogP contribution in [0.4, 0.5) is 13.2 Å². The molecule has 0 saturated heterocycles. The molecule has 0 bridgehead atoms. The van der Waals surface area contributed by atoms with Crippen molar-refractivity contribution in [2.24, 2.45) is 0 Å². The smallest absolute Gasteiger partial charge is 0.312 e. The Kier molecular flexibility index (Phi) is 2.34. The highest BCUT2D eigenvalue weighted by Gasteiger charge is 2.33. The maximum atomic E-state index is 12.1. The number of rotatable bonds is 2. The number of fused-ring (bicyclic) bond motifs is 1. The molecule has 0 aliphatic rings. The summed E-state index contributed by atoms with van der Waals surface area (Å²) in [5.41, 5.74) is 0.0143. The van der Waals surface area contributed by atoms with Crippen LogP contribution in [0.3, 0.4) is 0 Å². The molecule has 6 heteroatoms. The van der Waals surface area contributed by atoms with Crippen molar-refractivity contribution in [2.45, 2.75) is 6.36 Å². The van der Waals surface area contributed by atoms with Crippen molar-refractivity contribution >= 4 is 17.2 Å². The lowest BCUT2D eigenvalue weighted by Gasteiger charge is -2.11. The van der Waals surface area contributed by atoms with Crippen LogP contribution in [0.15, 0.2) is 30.3 Å². The topological polar surface area (TPSA) is 31.2 Å². The number of nitrogens with zero attached hydrogens (tertiary/aromatic N) is 1. The highest BCUT2D eigenvalue weighted by Crippen LogP contribution is 2.21. The number of halogens is 3. The Balaban J connectivity index is 2.60. The van der Waals surface area contributed by atoms with Gasteiger partial charge in [0.25, 0.3) is 0 Å². The van der Waals surface area contributed by atoms with Gasteiger partial charge in [0.2, 0.25) is 0 Å². The molecule has 1 aromatic heterocycles. The number of aromatic nitrogens is 1. The SMILES string of the molecule is O=Cc1cc2ccccc2n1OC(F)(F)F. The van der Waals surface area contributed by atoms with Gasteiger partial charge in [-0.3, -0.25) is 4.79 Å². The fourth-order valence-corrected chi connectivity index (χ4v) is 1.44. The van der Waals surface area contributed by atoms with Crippen LogP contribution in [0.1, 0.15) is 10.5 Å². The van der Waals surface area contributed by atoms with Crippen molar-refractivity contribution < 1.29 is 22.8 Å². The van der Waals surface area contributed by atoms with Crippen molar-refractivity contribution in [3.05, 3.63) is 36.0 Å². The third-order valence-electron chi connectivity index (χ3n) is 2.01. The predicted octanol–water partition coefficient (Wildman–Crippen LogP) is 2.40. The molecule has 2 aromatic rings. The summed E-state index contributed by atoms with van der Waals surface area (Å²) in [7, 11) is 0. The summed E-state index contributed by atoms with van der Waals surface area (Å²) < 4.78 is 36.8. The third-order valence-corrected chi connectivity index (χ3v) is 2.01. The molecule has 84 valence electrons. The molecule has 0 unspecified atom stereocenters. The summed E-state index contributed by atoms with van der Waals surface area (Å²) in [5.74, 6) is 0. The van der Waals surface area contributed by atoms with E-state index in [-0.39, 0.29) is 11.2 Å². The first-order valence-electron chi connectivity index (χ1n) is 4.33. The Morgan fingerprint density at radius 2 is 1.94 bits per heavy atom. The number of aldehydes is 1. The van der Waals surface area contributed by atoms with Gasteiger partial charge in [0.15, 0.2) is 6.29 Å². The molecular weight excluding hydrogens is 223 g/mol. The summed E-state index contributed by atoms with van der Waals surface area (Å²) in [6.45, 7) is 0. The molecule has 1 heterocycles. The first kappa shape index (κ1) is 10.5. The second-order valence-electron chi connectivity index (χ2n) is 3.08. The van der Waals surface area contributed by atoms with Gasteiger partial charge in [-0.25, -0.2) is 0 Å². The van der Waals surface area contributed by atoms with E-state index in [1.807, 2.05) is 0 Å². The number of carbonyl (C=O) groups excluding carboxylic acids is 1. The summed E-state index contributed by atoms with van der Waals surface area (Å²) in [4.78, 5) is 14.4. The molecule has 0 aliphatic heterocycles. The zero-order valence-corrected chi connectivity index (χ0v) is 7.86. The normalized spacial score (nSPS) is 11.7. The molecule has 16 heavy (non-hydrogen) atoms. The van der Waals surface area contributed by atoms with Gasteiger partial charge in [0.05, 0.1) is 5.52 Å². The minimum absolute atomic E-state index is 0.182. The molecule has 0 N–H and O–H groups in total. The monoisotopic (exact) mass is 229 g/mol. The highest BCUT2D eigenvalue weighted by atomic mass is 19.4. The Labute approximate surface area is 88.0 Å². The van der Waals surface area contributed by atoms with E-state index in [2.05, 4.69) is 4.84 Å². The van der Waals surface area contributed by atoms with Crippen LogP contribution in [-0.2, 0) is 0 Å². The van der Waals surface area contributed by atoms with E-state index in [4.69, 9.17) is 0 Å². The maximum Gasteiger partial charge on any atom is 0.591 e. The number of hydrogen-bond donors (Lipinski definition) is 0. The van der Waals surface area contributed by atoms with Crippen LogP contribution in [0.5, 0.6) is 0 Å². The van der Waals surface area contributed by atoms with Crippen molar-refractivity contribution in [3.63, 3.8) is 0 Å². The van der Waals surface area contributed by atoms with Crippen molar-refractivity contribution in [1.29, 1.82) is 0 Å². The van der Waals surface area contributed by atoms with E-state index >= 15 is 0 Å². The molecule has 0 radical (unpaired) electrons. The van der Waals surface area contributed by atoms with Gasteiger partial charge in [-0.2, -0.15) is 4.73 Å². The molecule has 0 spiro atoms. The molecule has 0 aliphatic carbocycles. The van der Waals surface area contributed by atoms with Crippen molar-refractivity contribution in [3.8, 4) is 0 Å². The van der Waals surface area contributed by atoms with Crippen molar-refractivity contribution in [1.82, 2.24) is 4.73 Å². The van der Waals surface area contributed by atoms with Gasteiger partial charge in [-0.15, -0.1) is 13.2 Å². The average Bonchev–Trinajstić information content (AvgIpc) is 2.55. The second-order valence-corrected chi connectivity index (χ2v) is 3.08. The molecule has 2 rings (SSSR count). The Hall–Kier alpha value is -1.98. The molecule has 0 amide bonds. The number of hydrogen-bond acceptors (Lipinski definition) is 2. The van der Waals surface area contributed by atoms with Gasteiger partial charge in [-0.05, 0) is 12.1 Å². The number of alkyl halides is 3. The molecule has 1 aromatic carbocycles. The summed E-state index contributed by atoms with van der Waals surface area (Å²) >= 11 is 0. The fourth-order valence-electron chi connectivity index (χ4n) is 1.44. The molecule has 0 saturated carbocycles. The molecule has 0 fully saturated rings. The average molecular weight is 229 g/mol. The molecular formula is C10H6F3NO2. The van der Waals surface area contributed by atoms with Crippen LogP contribution in [-0.4, -0.2) is 17.4 Å². The van der Waals surface area contributed by atoms with Crippen LogP contribution in [0.25, 0.3) is 10.9 Å². The minimum atomic E-state index is -4.83. The fraction of sp³-hybridized carbons (Fsp3) is 0.100. The summed E-state index contributed by atoms with van der Waals surface area (Å²) in [5, 5.41) is 0.508. The van der Waals surface area contributed by atoms with E-state index in [1.165, 1.54) is 12.1 Å². The number of benzene rings is 1. The third kappa shape index (κ3) is 1.86. The van der Waals surface area contributed by atoms with Crippen LogP contribution in [0.2, 0.25) is 0 Å². The van der Waals surface area contributed by atoms with Crippen LogP contribution >= 0.6 is 0 Å². The van der Waals surface area contributed by atoms with Gasteiger partial charge >= 0.3 is 6.36 Å². The van der Waals surface area contributed by atoms with E-state index in [0.717, 1.165) is 0 Å². The van der Waals surface area contributed by atoms with Crippen LogP contribution < -0.4 is 4.84 Å². The summed E-state index contributed by atoms with van der Waals surface area (Å²) in [6.07, 6.45) is -4.52. The first-order chi connectivity index (χ1) is 7.51. The quantitative estimate of drug-likeness (QED) is 0.740. The van der Waals surface area contributed by atoms with Crippen molar-refractivity contribution in [2.75, 3.05) is 0 Å². The molecule has 3 nitrogen and oxygen atoms in total. The zero-order chi connectivity index (χ0) is 11.8. The van der Waals surface area contributed by atoms with E-state index < -0.39 is 6.36 Å². The standard InChI is InChI=1S/C10H6F3NO2/c11-10(12,13)16-14-8(6-15)5-7-3-1-2-4-9(7)14/h1-6H.